The Labute approximate surface area is 145 Å². The predicted octanol–water partition coefficient (Wildman–Crippen LogP) is 3.19. The van der Waals surface area contributed by atoms with Crippen molar-refractivity contribution in [1.29, 1.82) is 0 Å². The van der Waals surface area contributed by atoms with E-state index in [0.717, 1.165) is 0 Å². The number of hydrazine groups is 1. The lowest BCUT2D eigenvalue weighted by Gasteiger charge is -2.16. The highest BCUT2D eigenvalue weighted by Gasteiger charge is 2.30. The van der Waals surface area contributed by atoms with Crippen LogP contribution in [-0.2, 0) is 9.47 Å². The number of azo groups is 1. The Kier molecular flexibility index (Phi) is 5.41. The Morgan fingerprint density at radius 2 is 1.90 bits per heavy atom. The molecule has 0 radical (unpaired) electrons. The maximum absolute atomic E-state index is 5.29. The molecule has 1 saturated heterocycles. The van der Waals surface area contributed by atoms with Crippen LogP contribution in [0.25, 0.3) is 0 Å². The highest BCUT2D eigenvalue weighted by molar-refractivity contribution is 14.1. The highest BCUT2D eigenvalue weighted by Crippen LogP contribution is 2.44. The van der Waals surface area contributed by atoms with Crippen molar-refractivity contribution in [3.8, 4) is 0 Å². The van der Waals surface area contributed by atoms with E-state index in [-0.39, 0.29) is 21.9 Å². The summed E-state index contributed by atoms with van der Waals surface area (Å²) in [5.41, 5.74) is 8.52. The number of methoxy groups -OCH3 is 2. The van der Waals surface area contributed by atoms with Crippen molar-refractivity contribution in [2.75, 3.05) is 14.2 Å². The highest BCUT2D eigenvalue weighted by atomic mass is 127. The summed E-state index contributed by atoms with van der Waals surface area (Å²) in [6, 6.07) is 6.28. The summed E-state index contributed by atoms with van der Waals surface area (Å²) in [4.78, 5) is 0. The lowest BCUT2D eigenvalue weighted by Crippen LogP contribution is -2.31. The molecule has 0 spiro atoms. The molecule has 1 fully saturated rings. The van der Waals surface area contributed by atoms with Gasteiger partial charge in [-0.2, -0.15) is 5.11 Å². The van der Waals surface area contributed by atoms with E-state index in [0.29, 0.717) is 0 Å². The average molecular weight is 438 g/mol. The zero-order valence-electron chi connectivity index (χ0n) is 11.4. The van der Waals surface area contributed by atoms with E-state index in [2.05, 4.69) is 61.9 Å². The first-order chi connectivity index (χ1) is 10.2. The number of thioether (sulfide) groups is 2. The molecular weight excluding hydrogens is 423 g/mol. The van der Waals surface area contributed by atoms with E-state index in [9.17, 15) is 0 Å². The van der Waals surface area contributed by atoms with Crippen molar-refractivity contribution in [2.45, 2.75) is 21.9 Å². The van der Waals surface area contributed by atoms with Crippen molar-refractivity contribution >= 4 is 46.1 Å². The second kappa shape index (κ2) is 7.11. The molecule has 2 aliphatic heterocycles. The van der Waals surface area contributed by atoms with Gasteiger partial charge in [0.15, 0.2) is 5.56 Å². The number of nitrogens with one attached hydrogen (secondary N) is 2. The van der Waals surface area contributed by atoms with Gasteiger partial charge in [-0.3, -0.25) is 0 Å². The van der Waals surface area contributed by atoms with Crippen molar-refractivity contribution in [1.82, 2.24) is 10.9 Å². The number of hydrogen-bond acceptors (Lipinski definition) is 8. The van der Waals surface area contributed by atoms with E-state index in [1.165, 1.54) is 14.7 Å². The molecule has 0 aliphatic carbocycles. The van der Waals surface area contributed by atoms with Gasteiger partial charge in [0.2, 0.25) is 5.56 Å². The molecule has 21 heavy (non-hydrogen) atoms. The second-order valence-corrected chi connectivity index (χ2v) is 7.76. The van der Waals surface area contributed by atoms with Crippen molar-refractivity contribution in [2.24, 2.45) is 10.2 Å². The van der Waals surface area contributed by atoms with E-state index in [4.69, 9.17) is 9.47 Å². The number of nitrogens with zero attached hydrogens (tertiary/aromatic N) is 2. The molecule has 114 valence electrons. The minimum atomic E-state index is -0.201. The maximum atomic E-state index is 5.29. The van der Waals surface area contributed by atoms with Crippen LogP contribution in [0.3, 0.4) is 0 Å². The summed E-state index contributed by atoms with van der Waals surface area (Å²) < 4.78 is 11.7. The molecule has 0 amide bonds. The van der Waals surface area contributed by atoms with E-state index in [1.807, 2.05) is 0 Å². The molecule has 2 heterocycles. The molecule has 3 rings (SSSR count). The first kappa shape index (κ1) is 16.0. The summed E-state index contributed by atoms with van der Waals surface area (Å²) in [7, 11) is 3.34. The first-order valence-corrected chi connectivity index (χ1v) is 9.25. The molecule has 0 bridgehead atoms. The number of ether oxygens (including phenoxy) is 2. The van der Waals surface area contributed by atoms with Crippen LogP contribution in [0, 0.1) is 3.57 Å². The third kappa shape index (κ3) is 3.38. The van der Waals surface area contributed by atoms with Crippen molar-refractivity contribution in [3.63, 3.8) is 0 Å². The fourth-order valence-corrected chi connectivity index (χ4v) is 5.33. The van der Waals surface area contributed by atoms with Crippen LogP contribution in [0.15, 0.2) is 28.4 Å². The molecule has 6 nitrogen and oxygen atoms in total. The number of hydrogen-bond donors (Lipinski definition) is 2. The quantitative estimate of drug-likeness (QED) is 0.705. The van der Waals surface area contributed by atoms with E-state index in [1.54, 1.807) is 37.7 Å². The van der Waals surface area contributed by atoms with Crippen molar-refractivity contribution < 1.29 is 9.47 Å². The second-order valence-electron chi connectivity index (χ2n) is 4.39. The summed E-state index contributed by atoms with van der Waals surface area (Å²) in [6.07, 6.45) is 0. The van der Waals surface area contributed by atoms with Gasteiger partial charge in [0.05, 0.1) is 5.37 Å². The molecule has 2 N–H and O–H groups in total. The van der Waals surface area contributed by atoms with Gasteiger partial charge in [-0.25, -0.2) is 10.9 Å². The minimum Gasteiger partial charge on any atom is -0.356 e. The smallest absolute Gasteiger partial charge is 0.218 e. The van der Waals surface area contributed by atoms with Crippen LogP contribution in [0.4, 0.5) is 0 Å². The fraction of sp³-hybridized carbons (Fsp3) is 0.500. The minimum absolute atomic E-state index is 0.000570. The van der Waals surface area contributed by atoms with Gasteiger partial charge < -0.3 is 9.47 Å². The lowest BCUT2D eigenvalue weighted by atomic mass is 10.1. The standard InChI is InChI=1S/C12H15IN4O2S2/c1-18-11-16-14-9(20-11)6-4-3-5-7(8(6)13)10-15-17-12(19-2)21-10/h3-5,9-12,14,16H,1-2H3. The number of rotatable bonds is 4. The molecular formula is C12H15IN4O2S2. The largest absolute Gasteiger partial charge is 0.356 e. The Morgan fingerprint density at radius 3 is 2.57 bits per heavy atom. The molecule has 0 aromatic heterocycles. The maximum Gasteiger partial charge on any atom is 0.218 e. The predicted molar refractivity (Wildman–Crippen MR) is 92.5 cm³/mol. The van der Waals surface area contributed by atoms with Crippen LogP contribution < -0.4 is 10.9 Å². The molecule has 1 aromatic rings. The number of benzene rings is 1. The van der Waals surface area contributed by atoms with Crippen molar-refractivity contribution in [3.05, 3.63) is 32.9 Å². The Balaban J connectivity index is 1.81. The molecule has 2 aliphatic rings. The molecule has 0 saturated carbocycles. The first-order valence-electron chi connectivity index (χ1n) is 6.28. The van der Waals surface area contributed by atoms with Crippen LogP contribution >= 0.6 is 46.1 Å². The SMILES string of the molecule is COC1N=NC(c2cccc(C3NNC(OC)S3)c2I)S1. The van der Waals surface area contributed by atoms with Gasteiger partial charge in [0.1, 0.15) is 5.37 Å². The monoisotopic (exact) mass is 438 g/mol. The summed E-state index contributed by atoms with van der Waals surface area (Å²) in [5.74, 6) is 0. The molecule has 9 heteroatoms. The summed E-state index contributed by atoms with van der Waals surface area (Å²) in [5, 5.41) is 8.58. The number of halogens is 1. The normalized spacial score (nSPS) is 32.0. The van der Waals surface area contributed by atoms with Crippen LogP contribution in [0.1, 0.15) is 21.9 Å². The zero-order valence-corrected chi connectivity index (χ0v) is 15.2. The van der Waals surface area contributed by atoms with Crippen LogP contribution in [0.2, 0.25) is 0 Å². The fourth-order valence-electron chi connectivity index (χ4n) is 2.08. The molecule has 1 aromatic carbocycles. The average Bonchev–Trinajstić information content (AvgIpc) is 3.16. The van der Waals surface area contributed by atoms with E-state index >= 15 is 0 Å². The lowest BCUT2D eigenvalue weighted by molar-refractivity contribution is 0.141. The van der Waals surface area contributed by atoms with Gasteiger partial charge in [-0.1, -0.05) is 41.7 Å². The third-order valence-electron chi connectivity index (χ3n) is 3.13. The summed E-state index contributed by atoms with van der Waals surface area (Å²) in [6.45, 7) is 0. The molecule has 4 unspecified atom stereocenters. The van der Waals surface area contributed by atoms with Gasteiger partial charge in [0, 0.05) is 23.4 Å². The Bertz CT molecular complexity index is 548. The van der Waals surface area contributed by atoms with Gasteiger partial charge >= 0.3 is 0 Å². The summed E-state index contributed by atoms with van der Waals surface area (Å²) >= 11 is 5.69. The van der Waals surface area contributed by atoms with Gasteiger partial charge in [-0.05, 0) is 28.2 Å². The van der Waals surface area contributed by atoms with Crippen LogP contribution in [-0.4, -0.2) is 25.3 Å². The topological polar surface area (TPSA) is 67.2 Å². The third-order valence-corrected chi connectivity index (χ3v) is 6.70. The Morgan fingerprint density at radius 1 is 1.10 bits per heavy atom. The van der Waals surface area contributed by atoms with Crippen LogP contribution in [0.5, 0.6) is 0 Å². The van der Waals surface area contributed by atoms with Gasteiger partial charge in [0.25, 0.3) is 0 Å². The van der Waals surface area contributed by atoms with Gasteiger partial charge in [-0.15, -0.1) is 5.11 Å². The zero-order chi connectivity index (χ0) is 14.8. The Hall–Kier alpha value is 0.0900. The molecule has 4 atom stereocenters. The van der Waals surface area contributed by atoms with E-state index < -0.39 is 0 Å².